The van der Waals surface area contributed by atoms with Gasteiger partial charge >= 0.3 is 12.1 Å². The van der Waals surface area contributed by atoms with Crippen molar-refractivity contribution in [3.63, 3.8) is 0 Å². The van der Waals surface area contributed by atoms with E-state index in [2.05, 4.69) is 20.3 Å². The van der Waals surface area contributed by atoms with Crippen LogP contribution in [0.3, 0.4) is 0 Å². The van der Waals surface area contributed by atoms with Crippen molar-refractivity contribution in [2.45, 2.75) is 51.5 Å². The molecule has 0 aromatic carbocycles. The lowest BCUT2D eigenvalue weighted by Crippen LogP contribution is -2.44. The van der Waals surface area contributed by atoms with Gasteiger partial charge in [0.25, 0.3) is 0 Å². The molecule has 0 radical (unpaired) electrons. The Morgan fingerprint density at radius 1 is 1.24 bits per heavy atom. The molecule has 3 aromatic rings. The van der Waals surface area contributed by atoms with E-state index in [1.54, 1.807) is 18.3 Å². The molecule has 3 N–H and O–H groups in total. The molecule has 0 amide bonds. The fourth-order valence-electron chi connectivity index (χ4n) is 4.82. The zero-order chi connectivity index (χ0) is 27.0. The first-order valence-corrected chi connectivity index (χ1v) is 12.3. The van der Waals surface area contributed by atoms with E-state index < -0.39 is 34.6 Å². The number of aromatic nitrogens is 3. The second kappa shape index (κ2) is 9.99. The number of anilines is 2. The fraction of sp³-hybridized carbons (Fsp3) is 0.440. The van der Waals surface area contributed by atoms with Crippen LogP contribution in [0.15, 0.2) is 36.7 Å². The number of carboxylic acids is 1. The summed E-state index contributed by atoms with van der Waals surface area (Å²) in [5.74, 6) is -1.17. The summed E-state index contributed by atoms with van der Waals surface area (Å²) < 4.78 is 44.6. The number of pyridine rings is 2. The van der Waals surface area contributed by atoms with Crippen LogP contribution in [-0.2, 0) is 27.9 Å². The Labute approximate surface area is 215 Å². The molecule has 0 unspecified atom stereocenters. The summed E-state index contributed by atoms with van der Waals surface area (Å²) in [6.45, 7) is 3.90. The Morgan fingerprint density at radius 3 is 2.65 bits per heavy atom. The first-order chi connectivity index (χ1) is 17.3. The number of hydrogen-bond acceptors (Lipinski definition) is 8. The monoisotopic (exact) mass is 536 g/mol. The van der Waals surface area contributed by atoms with Crippen molar-refractivity contribution in [1.29, 1.82) is 0 Å². The molecule has 0 spiro atoms. The molecule has 0 saturated heterocycles. The van der Waals surface area contributed by atoms with Crippen LogP contribution in [0.4, 0.5) is 24.8 Å². The Morgan fingerprint density at radius 2 is 2.00 bits per heavy atom. The normalized spacial score (nSPS) is 21.5. The molecular weight excluding hydrogens is 509 g/mol. The van der Waals surface area contributed by atoms with Crippen molar-refractivity contribution in [2.24, 2.45) is 11.3 Å². The van der Waals surface area contributed by atoms with E-state index in [4.69, 9.17) is 4.74 Å². The number of ether oxygens (including phenoxy) is 1. The highest BCUT2D eigenvalue weighted by Crippen LogP contribution is 2.50. The van der Waals surface area contributed by atoms with Gasteiger partial charge in [0.05, 0.1) is 28.7 Å². The Bertz CT molecular complexity index is 1300. The van der Waals surface area contributed by atoms with Crippen LogP contribution in [0.1, 0.15) is 49.2 Å². The van der Waals surface area contributed by atoms with Gasteiger partial charge in [0.1, 0.15) is 22.2 Å². The SMILES string of the molecule is COCc1cc(Nc2cc(C(F)(F)F)ccn2)nc(-c2cnc([C@]3(O)CC[C@@H](C(=O)O)C(C)(C)C3)s2)c1. The molecule has 198 valence electrons. The Balaban J connectivity index is 1.63. The molecule has 8 nitrogen and oxygen atoms in total. The van der Waals surface area contributed by atoms with Gasteiger partial charge in [-0.2, -0.15) is 13.2 Å². The summed E-state index contributed by atoms with van der Waals surface area (Å²) >= 11 is 1.25. The number of carbonyl (C=O) groups is 1. The van der Waals surface area contributed by atoms with Gasteiger partial charge in [-0.15, -0.1) is 11.3 Å². The number of nitrogens with one attached hydrogen (secondary N) is 1. The molecule has 0 aliphatic heterocycles. The first-order valence-electron chi connectivity index (χ1n) is 11.5. The maximum absolute atomic E-state index is 13.1. The van der Waals surface area contributed by atoms with E-state index in [1.807, 2.05) is 13.8 Å². The summed E-state index contributed by atoms with van der Waals surface area (Å²) in [4.78, 5) is 25.2. The zero-order valence-corrected chi connectivity index (χ0v) is 21.3. The number of alkyl halides is 3. The van der Waals surface area contributed by atoms with Crippen LogP contribution < -0.4 is 5.32 Å². The molecule has 1 aliphatic rings. The molecule has 12 heteroatoms. The lowest BCUT2D eigenvalue weighted by molar-refractivity contribution is -0.154. The number of aliphatic hydroxyl groups is 1. The predicted octanol–water partition coefficient (Wildman–Crippen LogP) is 5.61. The minimum Gasteiger partial charge on any atom is -0.481 e. The third kappa shape index (κ3) is 5.91. The minimum absolute atomic E-state index is 0.0143. The highest BCUT2D eigenvalue weighted by Gasteiger charge is 2.49. The van der Waals surface area contributed by atoms with Gasteiger partial charge in [-0.25, -0.2) is 15.0 Å². The third-order valence-electron chi connectivity index (χ3n) is 6.53. The van der Waals surface area contributed by atoms with Crippen molar-refractivity contribution >= 4 is 28.9 Å². The lowest BCUT2D eigenvalue weighted by atomic mass is 9.63. The largest absolute Gasteiger partial charge is 0.481 e. The average molecular weight is 537 g/mol. The number of methoxy groups -OCH3 is 1. The molecule has 4 rings (SSSR count). The van der Waals surface area contributed by atoms with E-state index in [0.29, 0.717) is 22.0 Å². The number of thiazole rings is 1. The van der Waals surface area contributed by atoms with E-state index >= 15 is 0 Å². The van der Waals surface area contributed by atoms with Gasteiger partial charge in [-0.3, -0.25) is 4.79 Å². The quantitative estimate of drug-likeness (QED) is 0.357. The summed E-state index contributed by atoms with van der Waals surface area (Å²) in [6, 6.07) is 5.22. The number of hydrogen-bond donors (Lipinski definition) is 3. The maximum atomic E-state index is 13.1. The van der Waals surface area contributed by atoms with Gasteiger partial charge in [-0.1, -0.05) is 13.8 Å². The van der Waals surface area contributed by atoms with E-state index in [-0.39, 0.29) is 31.1 Å². The number of aliphatic carboxylic acids is 1. The first kappa shape index (κ1) is 27.0. The molecule has 37 heavy (non-hydrogen) atoms. The van der Waals surface area contributed by atoms with Crippen LogP contribution in [0, 0.1) is 11.3 Å². The highest BCUT2D eigenvalue weighted by molar-refractivity contribution is 7.15. The predicted molar refractivity (Wildman–Crippen MR) is 131 cm³/mol. The van der Waals surface area contributed by atoms with Gasteiger partial charge < -0.3 is 20.3 Å². The second-order valence-corrected chi connectivity index (χ2v) is 10.9. The molecule has 3 heterocycles. The molecule has 3 aromatic heterocycles. The fourth-order valence-corrected chi connectivity index (χ4v) is 5.81. The number of nitrogens with zero attached hydrogens (tertiary/aromatic N) is 3. The van der Waals surface area contributed by atoms with Gasteiger partial charge in [0, 0.05) is 19.5 Å². The van der Waals surface area contributed by atoms with Crippen molar-refractivity contribution in [3.8, 4) is 10.6 Å². The smallest absolute Gasteiger partial charge is 0.416 e. The van der Waals surface area contributed by atoms with Crippen molar-refractivity contribution in [2.75, 3.05) is 12.4 Å². The van der Waals surface area contributed by atoms with Crippen LogP contribution in [0.25, 0.3) is 10.6 Å². The van der Waals surface area contributed by atoms with Crippen molar-refractivity contribution in [3.05, 3.63) is 52.8 Å². The standard InChI is InChI=1S/C25H27F3N4O4S/c1-23(2)13-24(35,6-4-16(23)21(33)34)22-30-11-18(37-22)17-8-14(12-36-3)9-20(31-17)32-19-10-15(5-7-29-19)25(26,27)28/h5,7-11,16,35H,4,6,12-13H2,1-3H3,(H,33,34)(H,29,31,32)/t16-,24-/m0/s1. The van der Waals surface area contributed by atoms with Crippen molar-refractivity contribution in [1.82, 2.24) is 15.0 Å². The minimum atomic E-state index is -4.51. The summed E-state index contributed by atoms with van der Waals surface area (Å²) in [7, 11) is 1.52. The van der Waals surface area contributed by atoms with E-state index in [9.17, 15) is 28.2 Å². The zero-order valence-electron chi connectivity index (χ0n) is 20.5. The summed E-state index contributed by atoms with van der Waals surface area (Å²) in [6.07, 6.45) is -1.01. The summed E-state index contributed by atoms with van der Waals surface area (Å²) in [5, 5.41) is 24.3. The van der Waals surface area contributed by atoms with Crippen LogP contribution in [0.5, 0.6) is 0 Å². The molecule has 2 atom stereocenters. The number of carboxylic acid groups (broad SMARTS) is 1. The molecule has 0 bridgehead atoms. The summed E-state index contributed by atoms with van der Waals surface area (Å²) in [5.41, 5.74) is -1.52. The topological polar surface area (TPSA) is 117 Å². The maximum Gasteiger partial charge on any atom is 0.416 e. The van der Waals surface area contributed by atoms with E-state index in [1.165, 1.54) is 18.4 Å². The van der Waals surface area contributed by atoms with Gasteiger partial charge in [0.15, 0.2) is 0 Å². The van der Waals surface area contributed by atoms with Crippen LogP contribution in [-0.4, -0.2) is 38.2 Å². The highest BCUT2D eigenvalue weighted by atomic mass is 32.1. The van der Waals surface area contributed by atoms with Crippen LogP contribution >= 0.6 is 11.3 Å². The van der Waals surface area contributed by atoms with Gasteiger partial charge in [-0.05, 0) is 54.5 Å². The molecule has 1 aliphatic carbocycles. The third-order valence-corrected chi connectivity index (χ3v) is 7.75. The average Bonchev–Trinajstić information content (AvgIpc) is 3.29. The van der Waals surface area contributed by atoms with E-state index in [0.717, 1.165) is 23.9 Å². The lowest BCUT2D eigenvalue weighted by Gasteiger charge is -2.44. The van der Waals surface area contributed by atoms with Crippen LogP contribution in [0.2, 0.25) is 0 Å². The molecule has 1 saturated carbocycles. The Kier molecular flexibility index (Phi) is 7.28. The molecule has 1 fully saturated rings. The number of halogens is 3. The second-order valence-electron chi connectivity index (χ2n) is 9.89. The number of rotatable bonds is 7. The molecular formula is C25H27F3N4O4S. The Hall–Kier alpha value is -3.09. The van der Waals surface area contributed by atoms with Crippen molar-refractivity contribution < 1.29 is 32.9 Å². The van der Waals surface area contributed by atoms with Gasteiger partial charge in [0.2, 0.25) is 0 Å².